The van der Waals surface area contributed by atoms with Crippen molar-refractivity contribution in [1.29, 1.82) is 0 Å². The summed E-state index contributed by atoms with van der Waals surface area (Å²) in [6.45, 7) is 0.419. The van der Waals surface area contributed by atoms with Crippen LogP contribution in [-0.4, -0.2) is 51.5 Å². The number of benzene rings is 2. The second-order valence-corrected chi connectivity index (χ2v) is 7.57. The van der Waals surface area contributed by atoms with Crippen LogP contribution >= 0.6 is 11.6 Å². The van der Waals surface area contributed by atoms with Gasteiger partial charge in [0.15, 0.2) is 0 Å². The van der Waals surface area contributed by atoms with Gasteiger partial charge in [-0.2, -0.15) is 4.98 Å². The first-order valence-corrected chi connectivity index (χ1v) is 10.2. The molecule has 31 heavy (non-hydrogen) atoms. The average Bonchev–Trinajstić information content (AvgIpc) is 3.29. The molecular weight excluding hydrogens is 418 g/mol. The van der Waals surface area contributed by atoms with Gasteiger partial charge in [0.05, 0.1) is 12.8 Å². The van der Waals surface area contributed by atoms with E-state index in [9.17, 15) is 14.7 Å². The minimum Gasteiger partial charge on any atom is -0.480 e. The molecule has 2 heterocycles. The Hall–Kier alpha value is -3.45. The lowest BCUT2D eigenvalue weighted by Crippen LogP contribution is -2.40. The first kappa shape index (κ1) is 20.8. The zero-order chi connectivity index (χ0) is 22.0. The number of carbonyl (C=O) groups is 2. The molecule has 7 nitrogen and oxygen atoms in total. The summed E-state index contributed by atoms with van der Waals surface area (Å²) in [6.07, 6.45) is 2.72. The number of amides is 1. The highest BCUT2D eigenvalue weighted by Gasteiger charge is 2.34. The minimum absolute atomic E-state index is 0.226. The van der Waals surface area contributed by atoms with Crippen LogP contribution in [0.15, 0.2) is 54.7 Å². The maximum absolute atomic E-state index is 13.2. The molecule has 1 aliphatic heterocycles. The Labute approximate surface area is 184 Å². The van der Waals surface area contributed by atoms with E-state index in [1.165, 1.54) is 12.0 Å². The van der Waals surface area contributed by atoms with Crippen molar-refractivity contribution in [3.8, 4) is 28.4 Å². The van der Waals surface area contributed by atoms with Crippen molar-refractivity contribution in [1.82, 2.24) is 14.9 Å². The number of hydrogen-bond donors (Lipinski definition) is 1. The summed E-state index contributed by atoms with van der Waals surface area (Å²) < 4.78 is 5.14. The van der Waals surface area contributed by atoms with E-state index in [0.29, 0.717) is 41.2 Å². The number of likely N-dealkylation sites (tertiary alicyclic amines) is 1. The highest BCUT2D eigenvalue weighted by atomic mass is 35.5. The number of carboxylic acid groups (broad SMARTS) is 1. The Bertz CT molecular complexity index is 1150. The largest absolute Gasteiger partial charge is 0.480 e. The van der Waals surface area contributed by atoms with Crippen molar-refractivity contribution < 1.29 is 19.4 Å². The van der Waals surface area contributed by atoms with Crippen LogP contribution in [0, 0.1) is 0 Å². The number of nitrogens with zero attached hydrogens (tertiary/aromatic N) is 3. The van der Waals surface area contributed by atoms with Crippen LogP contribution < -0.4 is 4.74 Å². The fourth-order valence-electron chi connectivity index (χ4n) is 3.82. The third-order valence-corrected chi connectivity index (χ3v) is 5.65. The van der Waals surface area contributed by atoms with Crippen LogP contribution in [0.4, 0.5) is 0 Å². The highest BCUT2D eigenvalue weighted by Crippen LogP contribution is 2.37. The van der Waals surface area contributed by atoms with E-state index >= 15 is 0 Å². The smallest absolute Gasteiger partial charge is 0.326 e. The van der Waals surface area contributed by atoms with Crippen LogP contribution in [0.3, 0.4) is 0 Å². The molecule has 2 aromatic carbocycles. The normalized spacial score (nSPS) is 15.7. The van der Waals surface area contributed by atoms with Crippen molar-refractivity contribution in [2.24, 2.45) is 0 Å². The van der Waals surface area contributed by atoms with Crippen molar-refractivity contribution >= 4 is 23.5 Å². The van der Waals surface area contributed by atoms with Crippen molar-refractivity contribution in [3.63, 3.8) is 0 Å². The quantitative estimate of drug-likeness (QED) is 0.644. The fourth-order valence-corrected chi connectivity index (χ4v) is 4.06. The zero-order valence-corrected chi connectivity index (χ0v) is 17.5. The number of hydrogen-bond acceptors (Lipinski definition) is 5. The number of aliphatic carboxylic acids is 1. The number of ether oxygens (including phenoxy) is 1. The van der Waals surface area contributed by atoms with E-state index < -0.39 is 12.0 Å². The second kappa shape index (κ2) is 8.73. The summed E-state index contributed by atoms with van der Waals surface area (Å²) >= 11 is 6.47. The van der Waals surface area contributed by atoms with Gasteiger partial charge in [-0.3, -0.25) is 4.79 Å². The SMILES string of the molecule is COc1nccc(-c2ccc(C(=O)N3CCCC3C(=O)O)cc2-c2ccccc2Cl)n1. The van der Waals surface area contributed by atoms with Crippen LogP contribution in [0.25, 0.3) is 22.4 Å². The van der Waals surface area contributed by atoms with E-state index in [1.807, 2.05) is 18.2 Å². The first-order valence-electron chi connectivity index (χ1n) is 9.79. The number of methoxy groups -OCH3 is 1. The molecule has 0 aliphatic carbocycles. The molecule has 1 saturated heterocycles. The van der Waals surface area contributed by atoms with E-state index in [-0.39, 0.29) is 11.9 Å². The van der Waals surface area contributed by atoms with E-state index in [2.05, 4.69) is 9.97 Å². The molecule has 1 unspecified atom stereocenters. The standard InChI is InChI=1S/C23H20ClN3O4/c1-31-23-25-11-10-19(26-23)16-9-8-14(13-17(16)15-5-2-3-6-18(15)24)21(28)27-12-4-7-20(27)22(29)30/h2-3,5-6,8-11,13,20H,4,7,12H2,1H3,(H,29,30). The summed E-state index contributed by atoms with van der Waals surface area (Å²) in [5.41, 5.74) is 3.21. The zero-order valence-electron chi connectivity index (χ0n) is 16.8. The topological polar surface area (TPSA) is 92.6 Å². The van der Waals surface area contributed by atoms with Crippen molar-refractivity contribution in [2.75, 3.05) is 13.7 Å². The van der Waals surface area contributed by atoms with Gasteiger partial charge in [0.1, 0.15) is 6.04 Å². The van der Waals surface area contributed by atoms with Gasteiger partial charge in [0.2, 0.25) is 0 Å². The predicted octanol–water partition coefficient (Wildman–Crippen LogP) is 4.16. The lowest BCUT2D eigenvalue weighted by molar-refractivity contribution is -0.141. The van der Waals surface area contributed by atoms with E-state index in [4.69, 9.17) is 16.3 Å². The summed E-state index contributed by atoms with van der Waals surface area (Å²) in [5.74, 6) is -1.30. The molecule has 1 fully saturated rings. The van der Waals surface area contributed by atoms with Crippen molar-refractivity contribution in [3.05, 3.63) is 65.3 Å². The molecule has 0 saturated carbocycles. The van der Waals surface area contributed by atoms with Gasteiger partial charge in [-0.05, 0) is 42.7 Å². The Kier molecular flexibility index (Phi) is 5.86. The van der Waals surface area contributed by atoms with Crippen LogP contribution in [0.1, 0.15) is 23.2 Å². The molecule has 1 aromatic heterocycles. The number of rotatable bonds is 5. The summed E-state index contributed by atoms with van der Waals surface area (Å²) in [6, 6.07) is 13.7. The monoisotopic (exact) mass is 437 g/mol. The highest BCUT2D eigenvalue weighted by molar-refractivity contribution is 6.33. The van der Waals surface area contributed by atoms with Gasteiger partial charge in [-0.1, -0.05) is 35.9 Å². The fraction of sp³-hybridized carbons (Fsp3) is 0.217. The molecule has 158 valence electrons. The average molecular weight is 438 g/mol. The Morgan fingerprint density at radius 1 is 1.13 bits per heavy atom. The maximum atomic E-state index is 13.2. The molecule has 1 atom stereocenters. The Morgan fingerprint density at radius 2 is 1.94 bits per heavy atom. The molecular formula is C23H20ClN3O4. The van der Waals surface area contributed by atoms with Gasteiger partial charge in [0.25, 0.3) is 5.91 Å². The van der Waals surface area contributed by atoms with Crippen LogP contribution in [0.5, 0.6) is 6.01 Å². The van der Waals surface area contributed by atoms with Gasteiger partial charge in [-0.15, -0.1) is 0 Å². The summed E-state index contributed by atoms with van der Waals surface area (Å²) in [5, 5.41) is 9.98. The molecule has 1 aliphatic rings. The molecule has 1 amide bonds. The number of carboxylic acids is 1. The van der Waals surface area contributed by atoms with Gasteiger partial charge in [-0.25, -0.2) is 9.78 Å². The third-order valence-electron chi connectivity index (χ3n) is 5.32. The van der Waals surface area contributed by atoms with Crippen LogP contribution in [0.2, 0.25) is 5.02 Å². The van der Waals surface area contributed by atoms with E-state index in [0.717, 1.165) is 11.1 Å². The second-order valence-electron chi connectivity index (χ2n) is 7.16. The Morgan fingerprint density at radius 3 is 2.68 bits per heavy atom. The van der Waals surface area contributed by atoms with Crippen molar-refractivity contribution in [2.45, 2.75) is 18.9 Å². The number of halogens is 1. The number of aromatic nitrogens is 2. The molecule has 3 aromatic rings. The van der Waals surface area contributed by atoms with Crippen LogP contribution in [-0.2, 0) is 4.79 Å². The minimum atomic E-state index is -0.984. The predicted molar refractivity (Wildman–Crippen MR) is 116 cm³/mol. The van der Waals surface area contributed by atoms with Gasteiger partial charge < -0.3 is 14.7 Å². The molecule has 0 spiro atoms. The maximum Gasteiger partial charge on any atom is 0.326 e. The molecule has 0 bridgehead atoms. The van der Waals surface area contributed by atoms with Gasteiger partial charge in [0, 0.05) is 34.5 Å². The summed E-state index contributed by atoms with van der Waals surface area (Å²) in [7, 11) is 1.49. The number of carbonyl (C=O) groups excluding carboxylic acids is 1. The summed E-state index contributed by atoms with van der Waals surface area (Å²) in [4.78, 5) is 34.6. The molecule has 4 rings (SSSR count). The first-order chi connectivity index (χ1) is 15.0. The molecule has 0 radical (unpaired) electrons. The van der Waals surface area contributed by atoms with Gasteiger partial charge >= 0.3 is 12.0 Å². The Balaban J connectivity index is 1.83. The lowest BCUT2D eigenvalue weighted by atomic mass is 9.94. The third kappa shape index (κ3) is 4.09. The lowest BCUT2D eigenvalue weighted by Gasteiger charge is -2.22. The van der Waals surface area contributed by atoms with E-state index in [1.54, 1.807) is 36.5 Å². The molecule has 1 N–H and O–H groups in total. The molecule has 8 heteroatoms.